The first-order valence-electron chi connectivity index (χ1n) is 7.16. The zero-order chi connectivity index (χ0) is 14.2. The van der Waals surface area contributed by atoms with Crippen LogP contribution in [0, 0.1) is 0 Å². The number of hydrogen-bond acceptors (Lipinski definition) is 2. The van der Waals surface area contributed by atoms with Crippen molar-refractivity contribution in [1.82, 2.24) is 0 Å². The summed E-state index contributed by atoms with van der Waals surface area (Å²) in [5, 5.41) is 11.2. The molecule has 1 fully saturated rings. The Labute approximate surface area is 120 Å². The van der Waals surface area contributed by atoms with E-state index >= 15 is 0 Å². The van der Waals surface area contributed by atoms with Crippen LogP contribution in [0.5, 0.6) is 0 Å². The van der Waals surface area contributed by atoms with Crippen LogP contribution in [-0.4, -0.2) is 16.8 Å². The Hall–Kier alpha value is -1.64. The third-order valence-electron chi connectivity index (χ3n) is 4.54. The van der Waals surface area contributed by atoms with Gasteiger partial charge in [-0.05, 0) is 24.5 Å². The minimum Gasteiger partial charge on any atom is -0.383 e. The first-order chi connectivity index (χ1) is 9.65. The van der Waals surface area contributed by atoms with Gasteiger partial charge in [-0.3, -0.25) is 0 Å². The summed E-state index contributed by atoms with van der Waals surface area (Å²) in [4.78, 5) is 0. The van der Waals surface area contributed by atoms with Crippen LogP contribution in [0.25, 0.3) is 0 Å². The fourth-order valence-electron chi connectivity index (χ4n) is 3.38. The van der Waals surface area contributed by atoms with E-state index in [2.05, 4.69) is 0 Å². The van der Waals surface area contributed by atoms with Gasteiger partial charge in [-0.15, -0.1) is 0 Å². The molecule has 0 aliphatic carbocycles. The molecule has 3 rings (SSSR count). The standard InChI is InChI=1S/C18H20O2/c1-3-17(19)14(2)20-18(17,15-10-6-4-7-11-15)16-12-8-5-9-13-16/h4-14,19H,3H2,1-2H3. The van der Waals surface area contributed by atoms with E-state index in [0.29, 0.717) is 6.42 Å². The molecule has 1 N–H and O–H groups in total. The molecule has 2 heteroatoms. The fourth-order valence-corrected chi connectivity index (χ4v) is 3.38. The summed E-state index contributed by atoms with van der Waals surface area (Å²) in [6.45, 7) is 3.95. The van der Waals surface area contributed by atoms with Gasteiger partial charge in [0, 0.05) is 0 Å². The highest BCUT2D eigenvalue weighted by Gasteiger charge is 2.65. The maximum absolute atomic E-state index is 11.2. The lowest BCUT2D eigenvalue weighted by Gasteiger charge is -2.60. The Morgan fingerprint density at radius 3 is 1.75 bits per heavy atom. The van der Waals surface area contributed by atoms with Gasteiger partial charge in [0.25, 0.3) is 0 Å². The van der Waals surface area contributed by atoms with Crippen molar-refractivity contribution in [3.8, 4) is 0 Å². The molecule has 2 nitrogen and oxygen atoms in total. The molecule has 2 atom stereocenters. The van der Waals surface area contributed by atoms with Crippen molar-refractivity contribution < 1.29 is 9.84 Å². The quantitative estimate of drug-likeness (QED) is 0.923. The Balaban J connectivity index is 2.21. The molecule has 1 saturated heterocycles. The number of benzene rings is 2. The maximum atomic E-state index is 11.2. The smallest absolute Gasteiger partial charge is 0.150 e. The van der Waals surface area contributed by atoms with Crippen LogP contribution in [0.2, 0.25) is 0 Å². The zero-order valence-corrected chi connectivity index (χ0v) is 11.9. The lowest BCUT2D eigenvalue weighted by Crippen LogP contribution is -2.71. The van der Waals surface area contributed by atoms with Crippen molar-refractivity contribution in [3.05, 3.63) is 71.8 Å². The lowest BCUT2D eigenvalue weighted by atomic mass is 9.64. The topological polar surface area (TPSA) is 29.5 Å². The highest BCUT2D eigenvalue weighted by Crippen LogP contribution is 2.55. The van der Waals surface area contributed by atoms with E-state index in [0.717, 1.165) is 11.1 Å². The van der Waals surface area contributed by atoms with Crippen LogP contribution in [0.4, 0.5) is 0 Å². The first kappa shape index (κ1) is 13.3. The van der Waals surface area contributed by atoms with Crippen molar-refractivity contribution in [1.29, 1.82) is 0 Å². The predicted molar refractivity (Wildman–Crippen MR) is 79.5 cm³/mol. The number of ether oxygens (including phenoxy) is 1. The molecular weight excluding hydrogens is 248 g/mol. The molecule has 0 radical (unpaired) electrons. The van der Waals surface area contributed by atoms with E-state index in [4.69, 9.17) is 4.74 Å². The molecule has 0 saturated carbocycles. The van der Waals surface area contributed by atoms with E-state index in [1.54, 1.807) is 0 Å². The van der Waals surface area contributed by atoms with Crippen LogP contribution >= 0.6 is 0 Å². The van der Waals surface area contributed by atoms with Crippen molar-refractivity contribution in [2.45, 2.75) is 37.6 Å². The molecule has 0 bridgehead atoms. The number of aliphatic hydroxyl groups is 1. The van der Waals surface area contributed by atoms with Gasteiger partial charge >= 0.3 is 0 Å². The van der Waals surface area contributed by atoms with Crippen LogP contribution < -0.4 is 0 Å². The molecule has 104 valence electrons. The molecule has 0 spiro atoms. The van der Waals surface area contributed by atoms with Crippen molar-refractivity contribution in [2.75, 3.05) is 0 Å². The summed E-state index contributed by atoms with van der Waals surface area (Å²) >= 11 is 0. The summed E-state index contributed by atoms with van der Waals surface area (Å²) < 4.78 is 6.16. The first-order valence-corrected chi connectivity index (χ1v) is 7.16. The summed E-state index contributed by atoms with van der Waals surface area (Å²) in [5.41, 5.74) is 0.377. The summed E-state index contributed by atoms with van der Waals surface area (Å²) in [7, 11) is 0. The highest BCUT2D eigenvalue weighted by atomic mass is 16.6. The molecule has 2 aromatic rings. The van der Waals surface area contributed by atoms with Crippen LogP contribution in [0.15, 0.2) is 60.7 Å². The molecule has 2 aromatic carbocycles. The minimum absolute atomic E-state index is 0.173. The number of rotatable bonds is 3. The highest BCUT2D eigenvalue weighted by molar-refractivity contribution is 5.44. The van der Waals surface area contributed by atoms with Gasteiger partial charge < -0.3 is 9.84 Å². The minimum atomic E-state index is -0.879. The Morgan fingerprint density at radius 1 is 0.950 bits per heavy atom. The molecule has 1 aliphatic heterocycles. The van der Waals surface area contributed by atoms with E-state index in [1.165, 1.54) is 0 Å². The molecular formula is C18H20O2. The lowest BCUT2D eigenvalue weighted by molar-refractivity contribution is -0.337. The summed E-state index contributed by atoms with van der Waals surface area (Å²) in [6, 6.07) is 20.0. The average molecular weight is 268 g/mol. The molecule has 1 heterocycles. The van der Waals surface area contributed by atoms with Crippen molar-refractivity contribution in [3.63, 3.8) is 0 Å². The van der Waals surface area contributed by atoms with Gasteiger partial charge in [-0.2, -0.15) is 0 Å². The van der Waals surface area contributed by atoms with Gasteiger partial charge in [-0.25, -0.2) is 0 Å². The van der Waals surface area contributed by atoms with E-state index < -0.39 is 11.2 Å². The van der Waals surface area contributed by atoms with Gasteiger partial charge in [0.05, 0.1) is 6.10 Å². The Kier molecular flexibility index (Phi) is 3.15. The van der Waals surface area contributed by atoms with E-state index in [-0.39, 0.29) is 6.10 Å². The third-order valence-corrected chi connectivity index (χ3v) is 4.54. The van der Waals surface area contributed by atoms with Gasteiger partial charge in [0.15, 0.2) is 0 Å². The molecule has 1 aliphatic rings. The third kappa shape index (κ3) is 1.58. The summed E-state index contributed by atoms with van der Waals surface area (Å²) in [5.74, 6) is 0. The Morgan fingerprint density at radius 2 is 1.40 bits per heavy atom. The van der Waals surface area contributed by atoms with E-state index in [1.807, 2.05) is 74.5 Å². The second-order valence-corrected chi connectivity index (χ2v) is 5.45. The van der Waals surface area contributed by atoms with Crippen molar-refractivity contribution in [2.24, 2.45) is 0 Å². The van der Waals surface area contributed by atoms with Crippen LogP contribution in [-0.2, 0) is 10.3 Å². The SMILES string of the molecule is CCC1(O)C(C)OC1(c1ccccc1)c1ccccc1. The van der Waals surface area contributed by atoms with E-state index in [9.17, 15) is 5.11 Å². The number of hydrogen-bond donors (Lipinski definition) is 1. The Bertz CT molecular complexity index is 539. The average Bonchev–Trinajstić information content (AvgIpc) is 2.53. The van der Waals surface area contributed by atoms with Crippen molar-refractivity contribution >= 4 is 0 Å². The normalized spacial score (nSPS) is 27.9. The molecule has 0 amide bonds. The van der Waals surface area contributed by atoms with Crippen LogP contribution in [0.1, 0.15) is 31.4 Å². The second kappa shape index (κ2) is 4.72. The fraction of sp³-hybridized carbons (Fsp3) is 0.333. The van der Waals surface area contributed by atoms with Gasteiger partial charge in [-0.1, -0.05) is 67.6 Å². The summed E-state index contributed by atoms with van der Waals surface area (Å²) in [6.07, 6.45) is 0.478. The molecule has 0 aromatic heterocycles. The van der Waals surface area contributed by atoms with Crippen LogP contribution in [0.3, 0.4) is 0 Å². The monoisotopic (exact) mass is 268 g/mol. The van der Waals surface area contributed by atoms with Gasteiger partial charge in [0.1, 0.15) is 11.2 Å². The predicted octanol–water partition coefficient (Wildman–Crippen LogP) is 3.49. The zero-order valence-electron chi connectivity index (χ0n) is 11.9. The van der Waals surface area contributed by atoms with Gasteiger partial charge in [0.2, 0.25) is 0 Å². The largest absolute Gasteiger partial charge is 0.383 e. The molecule has 20 heavy (non-hydrogen) atoms. The second-order valence-electron chi connectivity index (χ2n) is 5.45. The maximum Gasteiger partial charge on any atom is 0.150 e. The molecule has 2 unspecified atom stereocenters.